The maximum Gasteiger partial charge on any atom is 0.241 e. The van der Waals surface area contributed by atoms with Crippen LogP contribution in [0, 0.1) is 11.3 Å². The predicted octanol–water partition coefficient (Wildman–Crippen LogP) is 2.33. The molecule has 3 rings (SSSR count). The van der Waals surface area contributed by atoms with Gasteiger partial charge in [0.05, 0.1) is 31.0 Å². The Balaban J connectivity index is 1.53. The van der Waals surface area contributed by atoms with Gasteiger partial charge in [-0.2, -0.15) is 5.26 Å². The van der Waals surface area contributed by atoms with E-state index in [1.165, 1.54) is 0 Å². The van der Waals surface area contributed by atoms with Crippen LogP contribution >= 0.6 is 0 Å². The summed E-state index contributed by atoms with van der Waals surface area (Å²) in [6, 6.07) is 17.2. The van der Waals surface area contributed by atoms with Gasteiger partial charge in [0, 0.05) is 31.9 Å². The molecule has 1 amide bonds. The molecule has 1 fully saturated rings. The zero-order chi connectivity index (χ0) is 18.4. The number of nitrogens with zero attached hydrogens (tertiary/aromatic N) is 3. The number of hydrogen-bond acceptors (Lipinski definition) is 5. The van der Waals surface area contributed by atoms with Crippen molar-refractivity contribution >= 4 is 17.3 Å². The number of nitriles is 1. The average molecular weight is 350 g/mol. The summed E-state index contributed by atoms with van der Waals surface area (Å²) >= 11 is 0. The Morgan fingerprint density at radius 1 is 1.15 bits per heavy atom. The van der Waals surface area contributed by atoms with Crippen molar-refractivity contribution in [2.75, 3.05) is 50.1 Å². The van der Waals surface area contributed by atoms with Crippen LogP contribution in [0.5, 0.6) is 5.75 Å². The Morgan fingerprint density at radius 2 is 1.92 bits per heavy atom. The normalized spacial score (nSPS) is 13.8. The van der Waals surface area contributed by atoms with Crippen molar-refractivity contribution in [3.8, 4) is 11.8 Å². The van der Waals surface area contributed by atoms with E-state index >= 15 is 0 Å². The zero-order valence-electron chi connectivity index (χ0n) is 14.8. The fraction of sp³-hybridized carbons (Fsp3) is 0.300. The summed E-state index contributed by atoms with van der Waals surface area (Å²) in [5, 5.41) is 12.0. The lowest BCUT2D eigenvalue weighted by atomic mass is 10.2. The molecule has 6 heteroatoms. The summed E-state index contributed by atoms with van der Waals surface area (Å²) in [7, 11) is 1.67. The number of ether oxygens (including phenoxy) is 1. The van der Waals surface area contributed by atoms with E-state index in [1.807, 2.05) is 35.2 Å². The Kier molecular flexibility index (Phi) is 5.59. The van der Waals surface area contributed by atoms with Crippen molar-refractivity contribution in [1.29, 1.82) is 5.26 Å². The fourth-order valence-electron chi connectivity index (χ4n) is 3.08. The molecule has 0 spiro atoms. The lowest BCUT2D eigenvalue weighted by Crippen LogP contribution is -2.50. The molecule has 2 aromatic rings. The van der Waals surface area contributed by atoms with Crippen molar-refractivity contribution < 1.29 is 9.53 Å². The van der Waals surface area contributed by atoms with Gasteiger partial charge in [-0.25, -0.2) is 0 Å². The van der Waals surface area contributed by atoms with Crippen LogP contribution in [0.2, 0.25) is 0 Å². The van der Waals surface area contributed by atoms with Gasteiger partial charge in [0.1, 0.15) is 5.75 Å². The first-order chi connectivity index (χ1) is 12.7. The molecule has 1 heterocycles. The van der Waals surface area contributed by atoms with Crippen molar-refractivity contribution in [3.63, 3.8) is 0 Å². The van der Waals surface area contributed by atoms with Crippen molar-refractivity contribution in [2.45, 2.75) is 0 Å². The monoisotopic (exact) mass is 350 g/mol. The molecule has 0 atom stereocenters. The topological polar surface area (TPSA) is 68.6 Å². The molecule has 1 saturated heterocycles. The van der Waals surface area contributed by atoms with Crippen LogP contribution in [0.25, 0.3) is 0 Å². The number of amides is 1. The van der Waals surface area contributed by atoms with Gasteiger partial charge in [0.25, 0.3) is 0 Å². The predicted molar refractivity (Wildman–Crippen MR) is 101 cm³/mol. The minimum atomic E-state index is 0.0621. The number of carbonyl (C=O) groups excluding carboxylic acids is 1. The molecule has 0 aliphatic carbocycles. The molecule has 6 nitrogen and oxygen atoms in total. The second kappa shape index (κ2) is 8.26. The van der Waals surface area contributed by atoms with Crippen LogP contribution in [-0.4, -0.2) is 50.6 Å². The van der Waals surface area contributed by atoms with E-state index in [2.05, 4.69) is 16.3 Å². The average Bonchev–Trinajstić information content (AvgIpc) is 2.72. The highest BCUT2D eigenvalue weighted by Crippen LogP contribution is 2.28. The lowest BCUT2D eigenvalue weighted by molar-refractivity contribution is -0.129. The number of methoxy groups -OCH3 is 1. The van der Waals surface area contributed by atoms with Gasteiger partial charge in [0.2, 0.25) is 5.91 Å². The van der Waals surface area contributed by atoms with Crippen LogP contribution < -0.4 is 15.0 Å². The highest BCUT2D eigenvalue weighted by molar-refractivity contribution is 5.81. The van der Waals surface area contributed by atoms with E-state index in [1.54, 1.807) is 25.3 Å². The van der Waals surface area contributed by atoms with E-state index in [0.717, 1.165) is 30.2 Å². The summed E-state index contributed by atoms with van der Waals surface area (Å²) < 4.78 is 5.42. The van der Waals surface area contributed by atoms with E-state index < -0.39 is 0 Å². The van der Waals surface area contributed by atoms with Gasteiger partial charge >= 0.3 is 0 Å². The maximum absolute atomic E-state index is 12.4. The number of rotatable bonds is 5. The number of hydrogen-bond donors (Lipinski definition) is 1. The third-order valence-corrected chi connectivity index (χ3v) is 4.49. The molecule has 26 heavy (non-hydrogen) atoms. The fourth-order valence-corrected chi connectivity index (χ4v) is 3.08. The molecule has 1 N–H and O–H groups in total. The molecule has 0 unspecified atom stereocenters. The second-order valence-electron chi connectivity index (χ2n) is 6.09. The molecule has 0 saturated carbocycles. The molecule has 1 aliphatic heterocycles. The number of nitrogens with one attached hydrogen (secondary N) is 1. The lowest BCUT2D eigenvalue weighted by Gasteiger charge is -2.36. The first-order valence-electron chi connectivity index (χ1n) is 8.61. The number of anilines is 2. The summed E-state index contributed by atoms with van der Waals surface area (Å²) in [5.41, 5.74) is 2.42. The van der Waals surface area contributed by atoms with Crippen LogP contribution in [0.1, 0.15) is 5.56 Å². The van der Waals surface area contributed by atoms with Crippen molar-refractivity contribution in [3.05, 3.63) is 54.1 Å². The minimum absolute atomic E-state index is 0.0621. The van der Waals surface area contributed by atoms with Crippen LogP contribution in [0.4, 0.5) is 11.4 Å². The molecule has 0 aromatic heterocycles. The summed E-state index contributed by atoms with van der Waals surface area (Å²) in [5.74, 6) is 0.915. The molecule has 0 radical (unpaired) electrons. The van der Waals surface area contributed by atoms with Crippen molar-refractivity contribution in [2.24, 2.45) is 0 Å². The number of para-hydroxylation sites is 2. The first kappa shape index (κ1) is 17.6. The second-order valence-corrected chi connectivity index (χ2v) is 6.09. The summed E-state index contributed by atoms with van der Waals surface area (Å²) in [6.45, 7) is 3.13. The van der Waals surface area contributed by atoms with Gasteiger partial charge in [0.15, 0.2) is 0 Å². The first-order valence-corrected chi connectivity index (χ1v) is 8.61. The molecule has 2 aromatic carbocycles. The maximum atomic E-state index is 12.4. The van der Waals surface area contributed by atoms with E-state index in [0.29, 0.717) is 18.7 Å². The Labute approximate surface area is 153 Å². The SMILES string of the molecule is COc1ccccc1N1CCN(C(=O)CNc2cccc(C#N)c2)CC1. The molecular formula is C20H22N4O2. The van der Waals surface area contributed by atoms with Crippen LogP contribution in [-0.2, 0) is 4.79 Å². The van der Waals surface area contributed by atoms with E-state index in [4.69, 9.17) is 10.00 Å². The number of carbonyl (C=O) groups is 1. The van der Waals surface area contributed by atoms with Crippen molar-refractivity contribution in [1.82, 2.24) is 4.90 Å². The number of benzene rings is 2. The van der Waals surface area contributed by atoms with Gasteiger partial charge in [-0.05, 0) is 30.3 Å². The molecule has 134 valence electrons. The molecule has 1 aliphatic rings. The summed E-state index contributed by atoms with van der Waals surface area (Å²) in [6.07, 6.45) is 0. The van der Waals surface area contributed by atoms with Crippen LogP contribution in [0.15, 0.2) is 48.5 Å². The van der Waals surface area contributed by atoms with Crippen LogP contribution in [0.3, 0.4) is 0 Å². The smallest absolute Gasteiger partial charge is 0.241 e. The molecular weight excluding hydrogens is 328 g/mol. The zero-order valence-corrected chi connectivity index (χ0v) is 14.8. The largest absolute Gasteiger partial charge is 0.495 e. The highest BCUT2D eigenvalue weighted by Gasteiger charge is 2.22. The Bertz CT molecular complexity index is 807. The quantitative estimate of drug-likeness (QED) is 0.896. The Morgan fingerprint density at radius 3 is 2.65 bits per heavy atom. The standard InChI is InChI=1S/C20H22N4O2/c1-26-19-8-3-2-7-18(19)23-9-11-24(12-10-23)20(25)15-22-17-6-4-5-16(13-17)14-21/h2-8,13,22H,9-12,15H2,1H3. The van der Waals surface area contributed by atoms with Gasteiger partial charge in [-0.15, -0.1) is 0 Å². The van der Waals surface area contributed by atoms with Gasteiger partial charge in [-0.3, -0.25) is 4.79 Å². The van der Waals surface area contributed by atoms with E-state index in [9.17, 15) is 4.79 Å². The summed E-state index contributed by atoms with van der Waals surface area (Å²) in [4.78, 5) is 16.6. The third kappa shape index (κ3) is 4.06. The third-order valence-electron chi connectivity index (χ3n) is 4.49. The van der Waals surface area contributed by atoms with E-state index in [-0.39, 0.29) is 12.5 Å². The Hall–Kier alpha value is -3.20. The molecule has 0 bridgehead atoms. The highest BCUT2D eigenvalue weighted by atomic mass is 16.5. The van der Waals surface area contributed by atoms with Gasteiger partial charge in [-0.1, -0.05) is 18.2 Å². The number of piperazine rings is 1. The van der Waals surface area contributed by atoms with Gasteiger partial charge < -0.3 is 19.9 Å². The minimum Gasteiger partial charge on any atom is -0.495 e.